The molecule has 4 rings (SSSR count). The van der Waals surface area contributed by atoms with Crippen LogP contribution in [0, 0.1) is 10.1 Å². The highest BCUT2D eigenvalue weighted by molar-refractivity contribution is 5.89. The Hall–Kier alpha value is -4.99. The number of nitrogens with one attached hydrogen (secondary N) is 1. The van der Waals surface area contributed by atoms with Crippen LogP contribution >= 0.6 is 0 Å². The summed E-state index contributed by atoms with van der Waals surface area (Å²) < 4.78 is 12.8. The van der Waals surface area contributed by atoms with Gasteiger partial charge in [0.1, 0.15) is 17.2 Å². The normalized spacial score (nSPS) is 10.8. The van der Waals surface area contributed by atoms with Gasteiger partial charge in [0.05, 0.1) is 23.4 Å². The fourth-order valence-corrected chi connectivity index (χ4v) is 3.37. The molecule has 0 unspecified atom stereocenters. The lowest BCUT2D eigenvalue weighted by Crippen LogP contribution is -2.24. The smallest absolute Gasteiger partial charge is 0.277 e. The minimum atomic E-state index is -0.506. The summed E-state index contributed by atoms with van der Waals surface area (Å²) in [6.07, 6.45) is 4.27. The molecule has 1 heterocycles. The molecule has 188 valence electrons. The van der Waals surface area contributed by atoms with E-state index in [1.165, 1.54) is 30.5 Å². The van der Waals surface area contributed by atoms with Crippen LogP contribution in [-0.2, 0) is 4.79 Å². The SMILES string of the molecule is CCCOc1ccc(-c2nn(-c3ccccc3)cc2C=NNC(=O)COc2ccc([N+](=O)[O-])cc2)cc1. The molecule has 0 aliphatic carbocycles. The standard InChI is InChI=1S/C27H25N5O5/c1-2-16-36-24-12-8-20(9-13-24)27-21(18-31(30-27)22-6-4-3-5-7-22)17-28-29-26(33)19-37-25-14-10-23(11-15-25)32(34)35/h3-15,17-18H,2,16,19H2,1H3,(H,29,33). The van der Waals surface area contributed by atoms with Crippen molar-refractivity contribution >= 4 is 17.8 Å². The monoisotopic (exact) mass is 499 g/mol. The first-order valence-electron chi connectivity index (χ1n) is 11.6. The fourth-order valence-electron chi connectivity index (χ4n) is 3.37. The summed E-state index contributed by atoms with van der Waals surface area (Å²) in [5, 5.41) is 19.5. The molecule has 10 heteroatoms. The highest BCUT2D eigenvalue weighted by Crippen LogP contribution is 2.25. The van der Waals surface area contributed by atoms with Crippen molar-refractivity contribution in [3.05, 3.63) is 101 Å². The predicted molar refractivity (Wildman–Crippen MR) is 139 cm³/mol. The van der Waals surface area contributed by atoms with Crippen molar-refractivity contribution < 1.29 is 19.2 Å². The summed E-state index contributed by atoms with van der Waals surface area (Å²) in [6, 6.07) is 22.8. The second-order valence-electron chi connectivity index (χ2n) is 7.92. The minimum absolute atomic E-state index is 0.0589. The van der Waals surface area contributed by atoms with E-state index in [1.807, 2.05) is 60.8 Å². The molecule has 0 radical (unpaired) electrons. The van der Waals surface area contributed by atoms with Crippen molar-refractivity contribution in [2.45, 2.75) is 13.3 Å². The number of non-ortho nitro benzene ring substituents is 1. The molecular formula is C27H25N5O5. The Morgan fingerprint density at radius 3 is 2.38 bits per heavy atom. The Morgan fingerprint density at radius 1 is 1.03 bits per heavy atom. The van der Waals surface area contributed by atoms with Gasteiger partial charge >= 0.3 is 0 Å². The quantitative estimate of drug-likeness (QED) is 0.180. The third kappa shape index (κ3) is 6.79. The predicted octanol–water partition coefficient (Wildman–Crippen LogP) is 4.77. The van der Waals surface area contributed by atoms with Crippen molar-refractivity contribution in [3.8, 4) is 28.4 Å². The van der Waals surface area contributed by atoms with Gasteiger partial charge in [-0.3, -0.25) is 14.9 Å². The zero-order chi connectivity index (χ0) is 26.0. The van der Waals surface area contributed by atoms with E-state index in [2.05, 4.69) is 17.5 Å². The summed E-state index contributed by atoms with van der Waals surface area (Å²) in [5.41, 5.74) is 5.51. The number of rotatable bonds is 11. The molecule has 0 atom stereocenters. The van der Waals surface area contributed by atoms with Crippen LogP contribution in [0.3, 0.4) is 0 Å². The van der Waals surface area contributed by atoms with Crippen molar-refractivity contribution in [3.63, 3.8) is 0 Å². The van der Waals surface area contributed by atoms with E-state index in [9.17, 15) is 14.9 Å². The number of nitro benzene ring substituents is 1. The average molecular weight is 500 g/mol. The number of benzene rings is 3. The molecule has 1 N–H and O–H groups in total. The van der Waals surface area contributed by atoms with Crippen molar-refractivity contribution in [1.82, 2.24) is 15.2 Å². The van der Waals surface area contributed by atoms with Crippen molar-refractivity contribution in [2.24, 2.45) is 5.10 Å². The van der Waals surface area contributed by atoms with Crippen LogP contribution in [0.1, 0.15) is 18.9 Å². The van der Waals surface area contributed by atoms with Gasteiger partial charge < -0.3 is 9.47 Å². The van der Waals surface area contributed by atoms with Gasteiger partial charge in [0.15, 0.2) is 6.61 Å². The van der Waals surface area contributed by atoms with E-state index < -0.39 is 10.8 Å². The van der Waals surface area contributed by atoms with E-state index >= 15 is 0 Å². The molecule has 0 bridgehead atoms. The topological polar surface area (TPSA) is 121 Å². The van der Waals surface area contributed by atoms with Crippen LogP contribution in [0.5, 0.6) is 11.5 Å². The largest absolute Gasteiger partial charge is 0.494 e. The Morgan fingerprint density at radius 2 is 1.70 bits per heavy atom. The number of amides is 1. The minimum Gasteiger partial charge on any atom is -0.494 e. The van der Waals surface area contributed by atoms with E-state index in [4.69, 9.17) is 14.6 Å². The fraction of sp³-hybridized carbons (Fsp3) is 0.148. The lowest BCUT2D eigenvalue weighted by molar-refractivity contribution is -0.384. The number of carbonyl (C=O) groups excluding carboxylic acids is 1. The lowest BCUT2D eigenvalue weighted by atomic mass is 10.1. The first kappa shape index (κ1) is 25.1. The van der Waals surface area contributed by atoms with Crippen LogP contribution in [0.2, 0.25) is 0 Å². The number of aromatic nitrogens is 2. The number of hydrazone groups is 1. The molecule has 37 heavy (non-hydrogen) atoms. The maximum absolute atomic E-state index is 12.2. The maximum atomic E-state index is 12.2. The highest BCUT2D eigenvalue weighted by atomic mass is 16.6. The summed E-state index contributed by atoms with van der Waals surface area (Å²) in [7, 11) is 0. The van der Waals surface area contributed by atoms with Gasteiger partial charge in [-0.1, -0.05) is 25.1 Å². The van der Waals surface area contributed by atoms with Gasteiger partial charge in [0.2, 0.25) is 0 Å². The van der Waals surface area contributed by atoms with Gasteiger partial charge in [0, 0.05) is 29.5 Å². The molecule has 0 fully saturated rings. The Bertz CT molecular complexity index is 1370. The second-order valence-corrected chi connectivity index (χ2v) is 7.92. The molecule has 1 aromatic heterocycles. The third-order valence-corrected chi connectivity index (χ3v) is 5.17. The second kappa shape index (κ2) is 12.1. The zero-order valence-electron chi connectivity index (χ0n) is 20.1. The van der Waals surface area contributed by atoms with E-state index in [0.29, 0.717) is 23.6 Å². The molecule has 0 saturated heterocycles. The molecule has 10 nitrogen and oxygen atoms in total. The van der Waals surface area contributed by atoms with E-state index in [-0.39, 0.29) is 12.3 Å². The summed E-state index contributed by atoms with van der Waals surface area (Å²) in [6.45, 7) is 2.40. The zero-order valence-corrected chi connectivity index (χ0v) is 20.1. The Balaban J connectivity index is 1.46. The molecule has 0 spiro atoms. The van der Waals surface area contributed by atoms with Crippen LogP contribution in [0.15, 0.2) is 90.2 Å². The number of para-hydroxylation sites is 1. The summed E-state index contributed by atoms with van der Waals surface area (Å²) in [5.74, 6) is 0.634. The summed E-state index contributed by atoms with van der Waals surface area (Å²) in [4.78, 5) is 22.4. The van der Waals surface area contributed by atoms with Gasteiger partial charge in [0.25, 0.3) is 11.6 Å². The first-order chi connectivity index (χ1) is 18.0. The van der Waals surface area contributed by atoms with Crippen LogP contribution in [-0.4, -0.2) is 40.0 Å². The van der Waals surface area contributed by atoms with Gasteiger partial charge in [-0.15, -0.1) is 0 Å². The highest BCUT2D eigenvalue weighted by Gasteiger charge is 2.12. The van der Waals surface area contributed by atoms with E-state index in [0.717, 1.165) is 23.4 Å². The van der Waals surface area contributed by atoms with Crippen molar-refractivity contribution in [2.75, 3.05) is 13.2 Å². The van der Waals surface area contributed by atoms with Gasteiger partial charge in [-0.05, 0) is 55.0 Å². The van der Waals surface area contributed by atoms with Crippen molar-refractivity contribution in [1.29, 1.82) is 0 Å². The molecule has 0 aliphatic rings. The molecule has 0 saturated carbocycles. The number of nitro groups is 1. The number of nitrogens with zero attached hydrogens (tertiary/aromatic N) is 4. The molecular weight excluding hydrogens is 474 g/mol. The number of hydrogen-bond donors (Lipinski definition) is 1. The van der Waals surface area contributed by atoms with Gasteiger partial charge in [-0.2, -0.15) is 10.2 Å². The number of ether oxygens (including phenoxy) is 2. The lowest BCUT2D eigenvalue weighted by Gasteiger charge is -2.05. The number of carbonyl (C=O) groups is 1. The Labute approximate surface area is 213 Å². The molecule has 0 aliphatic heterocycles. The number of hydrogen-bond acceptors (Lipinski definition) is 7. The molecule has 1 amide bonds. The third-order valence-electron chi connectivity index (χ3n) is 5.17. The first-order valence-corrected chi connectivity index (χ1v) is 11.6. The molecule has 3 aromatic carbocycles. The van der Waals surface area contributed by atoms with Crippen LogP contribution in [0.4, 0.5) is 5.69 Å². The Kier molecular flexibility index (Phi) is 8.22. The maximum Gasteiger partial charge on any atom is 0.277 e. The average Bonchev–Trinajstić information content (AvgIpc) is 3.36. The summed E-state index contributed by atoms with van der Waals surface area (Å²) >= 11 is 0. The molecule has 4 aromatic rings. The van der Waals surface area contributed by atoms with E-state index in [1.54, 1.807) is 4.68 Å². The van der Waals surface area contributed by atoms with Crippen LogP contribution in [0.25, 0.3) is 16.9 Å². The van der Waals surface area contributed by atoms with Crippen LogP contribution < -0.4 is 14.9 Å². The van der Waals surface area contributed by atoms with Gasteiger partial charge in [-0.25, -0.2) is 10.1 Å².